The first-order valence-electron chi connectivity index (χ1n) is 7.11. The molecule has 3 rings (SSSR count). The molecule has 0 aromatic heterocycles. The smallest absolute Gasteiger partial charge is 0.246 e. The van der Waals surface area contributed by atoms with Crippen molar-refractivity contribution in [1.82, 2.24) is 10.2 Å². The summed E-state index contributed by atoms with van der Waals surface area (Å²) < 4.78 is 0. The monoisotopic (exact) mass is 259 g/mol. The predicted octanol–water partition coefficient (Wildman–Crippen LogP) is 1.58. The van der Waals surface area contributed by atoms with Gasteiger partial charge in [0.25, 0.3) is 0 Å². The van der Waals surface area contributed by atoms with Crippen molar-refractivity contribution >= 4 is 11.6 Å². The Balaban J connectivity index is 2.01. The first-order chi connectivity index (χ1) is 9.26. The Hall–Kier alpha value is -1.39. The van der Waals surface area contributed by atoms with Gasteiger partial charge in [-0.05, 0) is 37.6 Å². The van der Waals surface area contributed by atoms with E-state index in [0.29, 0.717) is 0 Å². The van der Waals surface area contributed by atoms with Gasteiger partial charge in [-0.3, -0.25) is 9.69 Å². The second-order valence-electron chi connectivity index (χ2n) is 5.49. The van der Waals surface area contributed by atoms with Crippen LogP contribution in [0.5, 0.6) is 0 Å². The quantitative estimate of drug-likeness (QED) is 0.847. The van der Waals surface area contributed by atoms with E-state index in [4.69, 9.17) is 0 Å². The van der Waals surface area contributed by atoms with E-state index >= 15 is 0 Å². The van der Waals surface area contributed by atoms with E-state index in [-0.39, 0.29) is 11.4 Å². The number of carbonyl (C=O) groups is 1. The molecule has 1 aromatic rings. The number of carbonyl (C=O) groups excluding carboxylic acids is 1. The molecule has 102 valence electrons. The molecule has 0 bridgehead atoms. The fraction of sp³-hybridized carbons (Fsp3) is 0.533. The Labute approximate surface area is 114 Å². The lowest BCUT2D eigenvalue weighted by Gasteiger charge is -2.37. The highest BCUT2D eigenvalue weighted by Gasteiger charge is 2.47. The normalized spacial score (nSPS) is 27.1. The van der Waals surface area contributed by atoms with Crippen molar-refractivity contribution in [1.29, 1.82) is 0 Å². The molecular formula is C15H21N3O. The van der Waals surface area contributed by atoms with Gasteiger partial charge in [-0.15, -0.1) is 0 Å². The lowest BCUT2D eigenvalue weighted by atomic mass is 9.94. The maximum Gasteiger partial charge on any atom is 0.246 e. The maximum absolute atomic E-state index is 12.7. The molecule has 0 saturated carbocycles. The zero-order valence-electron chi connectivity index (χ0n) is 11.4. The van der Waals surface area contributed by atoms with Gasteiger partial charge < -0.3 is 10.6 Å². The molecule has 1 fully saturated rings. The summed E-state index contributed by atoms with van der Waals surface area (Å²) >= 11 is 0. The molecular weight excluding hydrogens is 238 g/mol. The molecule has 2 N–H and O–H groups in total. The molecule has 2 heterocycles. The van der Waals surface area contributed by atoms with Crippen LogP contribution < -0.4 is 10.6 Å². The summed E-state index contributed by atoms with van der Waals surface area (Å²) in [7, 11) is 0. The van der Waals surface area contributed by atoms with Crippen LogP contribution in [-0.2, 0) is 11.3 Å². The fourth-order valence-electron chi connectivity index (χ4n) is 3.22. The van der Waals surface area contributed by atoms with Crippen molar-refractivity contribution in [3.05, 3.63) is 29.8 Å². The van der Waals surface area contributed by atoms with E-state index in [0.717, 1.165) is 44.7 Å². The van der Waals surface area contributed by atoms with E-state index < -0.39 is 0 Å². The third kappa shape index (κ3) is 2.05. The summed E-state index contributed by atoms with van der Waals surface area (Å²) in [5.41, 5.74) is 1.82. The van der Waals surface area contributed by atoms with Crippen LogP contribution in [0, 0.1) is 0 Å². The van der Waals surface area contributed by atoms with Gasteiger partial charge in [0.05, 0.1) is 0 Å². The SMILES string of the molecule is CCCN1Cc2ccccc2NC(=O)C12CCNC2. The van der Waals surface area contributed by atoms with Gasteiger partial charge in [0.1, 0.15) is 5.54 Å². The van der Waals surface area contributed by atoms with Crippen molar-refractivity contribution < 1.29 is 4.79 Å². The molecule has 0 aliphatic carbocycles. The van der Waals surface area contributed by atoms with Crippen molar-refractivity contribution in [2.75, 3.05) is 25.0 Å². The topological polar surface area (TPSA) is 44.4 Å². The predicted molar refractivity (Wildman–Crippen MR) is 76.0 cm³/mol. The van der Waals surface area contributed by atoms with E-state index in [1.807, 2.05) is 18.2 Å². The molecule has 1 spiro atoms. The second-order valence-corrected chi connectivity index (χ2v) is 5.49. The van der Waals surface area contributed by atoms with Gasteiger partial charge >= 0.3 is 0 Å². The molecule has 4 heteroatoms. The lowest BCUT2D eigenvalue weighted by molar-refractivity contribution is -0.127. The number of nitrogens with zero attached hydrogens (tertiary/aromatic N) is 1. The Morgan fingerprint density at radius 3 is 2.95 bits per heavy atom. The zero-order valence-corrected chi connectivity index (χ0v) is 11.4. The Kier molecular flexibility index (Phi) is 3.29. The molecule has 1 unspecified atom stereocenters. The van der Waals surface area contributed by atoms with Crippen LogP contribution in [-0.4, -0.2) is 36.0 Å². The lowest BCUT2D eigenvalue weighted by Crippen LogP contribution is -2.57. The highest BCUT2D eigenvalue weighted by molar-refractivity contribution is 5.99. The third-order valence-electron chi connectivity index (χ3n) is 4.28. The molecule has 1 atom stereocenters. The summed E-state index contributed by atoms with van der Waals surface area (Å²) in [6.45, 7) is 5.66. The van der Waals surface area contributed by atoms with Crippen molar-refractivity contribution in [3.8, 4) is 0 Å². The number of hydrogen-bond acceptors (Lipinski definition) is 3. The van der Waals surface area contributed by atoms with Crippen LogP contribution in [0.2, 0.25) is 0 Å². The average molecular weight is 259 g/mol. The van der Waals surface area contributed by atoms with Gasteiger partial charge in [0.15, 0.2) is 0 Å². The Morgan fingerprint density at radius 2 is 2.21 bits per heavy atom. The number of hydrogen-bond donors (Lipinski definition) is 2. The number of nitrogens with one attached hydrogen (secondary N) is 2. The maximum atomic E-state index is 12.7. The first kappa shape index (κ1) is 12.6. The third-order valence-corrected chi connectivity index (χ3v) is 4.28. The average Bonchev–Trinajstić information content (AvgIpc) is 2.86. The van der Waals surface area contributed by atoms with Crippen LogP contribution in [0.4, 0.5) is 5.69 Å². The minimum atomic E-state index is -0.366. The number of benzene rings is 1. The standard InChI is InChI=1S/C15H21N3O/c1-2-9-18-10-12-5-3-4-6-13(12)17-14(19)15(18)7-8-16-11-15/h3-6,16H,2,7-11H2,1H3,(H,17,19). The minimum absolute atomic E-state index is 0.149. The summed E-state index contributed by atoms with van der Waals surface area (Å²) in [5, 5.41) is 6.48. The summed E-state index contributed by atoms with van der Waals surface area (Å²) in [4.78, 5) is 15.0. The second kappa shape index (κ2) is 4.94. The van der Waals surface area contributed by atoms with Crippen molar-refractivity contribution in [2.24, 2.45) is 0 Å². The van der Waals surface area contributed by atoms with Gasteiger partial charge in [0, 0.05) is 18.8 Å². The molecule has 4 nitrogen and oxygen atoms in total. The highest BCUT2D eigenvalue weighted by atomic mass is 16.2. The van der Waals surface area contributed by atoms with Crippen molar-refractivity contribution in [2.45, 2.75) is 31.8 Å². The molecule has 1 saturated heterocycles. The van der Waals surface area contributed by atoms with Crippen LogP contribution in [0.3, 0.4) is 0 Å². The number of anilines is 1. The van der Waals surface area contributed by atoms with Gasteiger partial charge in [-0.25, -0.2) is 0 Å². The van der Waals surface area contributed by atoms with E-state index in [9.17, 15) is 4.79 Å². The van der Waals surface area contributed by atoms with Crippen LogP contribution in [0.1, 0.15) is 25.3 Å². The molecule has 1 aromatic carbocycles. The first-order valence-corrected chi connectivity index (χ1v) is 7.11. The summed E-state index contributed by atoms with van der Waals surface area (Å²) in [5.74, 6) is 0.149. The Bertz CT molecular complexity index is 480. The van der Waals surface area contributed by atoms with Crippen LogP contribution >= 0.6 is 0 Å². The van der Waals surface area contributed by atoms with Gasteiger partial charge in [0.2, 0.25) is 5.91 Å². The van der Waals surface area contributed by atoms with Crippen LogP contribution in [0.25, 0.3) is 0 Å². The summed E-state index contributed by atoms with van der Waals surface area (Å²) in [6.07, 6.45) is 1.96. The number of fused-ring (bicyclic) bond motifs is 1. The van der Waals surface area contributed by atoms with Crippen LogP contribution in [0.15, 0.2) is 24.3 Å². The largest absolute Gasteiger partial charge is 0.324 e. The molecule has 19 heavy (non-hydrogen) atoms. The molecule has 1 amide bonds. The Morgan fingerprint density at radius 1 is 1.37 bits per heavy atom. The number of rotatable bonds is 2. The van der Waals surface area contributed by atoms with Gasteiger partial charge in [-0.1, -0.05) is 25.1 Å². The molecule has 2 aliphatic rings. The number of amides is 1. The summed E-state index contributed by atoms with van der Waals surface area (Å²) in [6, 6.07) is 8.13. The molecule has 2 aliphatic heterocycles. The van der Waals surface area contributed by atoms with Gasteiger partial charge in [-0.2, -0.15) is 0 Å². The van der Waals surface area contributed by atoms with E-state index in [2.05, 4.69) is 28.5 Å². The highest BCUT2D eigenvalue weighted by Crippen LogP contribution is 2.32. The zero-order chi connectivity index (χ0) is 13.3. The van der Waals surface area contributed by atoms with E-state index in [1.165, 1.54) is 5.56 Å². The molecule has 0 radical (unpaired) electrons. The van der Waals surface area contributed by atoms with Crippen molar-refractivity contribution in [3.63, 3.8) is 0 Å². The fourth-order valence-corrected chi connectivity index (χ4v) is 3.22. The minimum Gasteiger partial charge on any atom is -0.324 e. The van der Waals surface area contributed by atoms with E-state index in [1.54, 1.807) is 0 Å². The number of para-hydroxylation sites is 1.